The predicted molar refractivity (Wildman–Crippen MR) is 115 cm³/mol. The number of hydrogen-bond donors (Lipinski definition) is 0. The van der Waals surface area contributed by atoms with E-state index in [1.54, 1.807) is 0 Å². The number of nitrogens with zero attached hydrogens (tertiary/aromatic N) is 3. The molecule has 0 aromatic heterocycles. The van der Waals surface area contributed by atoms with Gasteiger partial charge in [-0.1, -0.05) is 37.3 Å². The van der Waals surface area contributed by atoms with Crippen LogP contribution in [0.2, 0.25) is 0 Å². The number of aliphatic imine (C=N–C) groups is 1. The molecule has 1 fully saturated rings. The van der Waals surface area contributed by atoms with Gasteiger partial charge in [-0.15, -0.1) is 11.8 Å². The zero-order chi connectivity index (χ0) is 19.5. The van der Waals surface area contributed by atoms with Crippen molar-refractivity contribution in [2.75, 3.05) is 32.7 Å². The van der Waals surface area contributed by atoms with Crippen molar-refractivity contribution in [2.24, 2.45) is 4.99 Å². The summed E-state index contributed by atoms with van der Waals surface area (Å²) in [6.07, 6.45) is 9.66. The normalized spacial score (nSPS) is 23.7. The molecule has 1 atom stereocenters. The largest absolute Gasteiger partial charge is 0.336 e. The van der Waals surface area contributed by atoms with Gasteiger partial charge in [-0.2, -0.15) is 0 Å². The lowest BCUT2D eigenvalue weighted by Gasteiger charge is -2.34. The highest BCUT2D eigenvalue weighted by Crippen LogP contribution is 2.32. The third kappa shape index (κ3) is 4.03. The second-order valence-corrected chi connectivity index (χ2v) is 8.16. The SMILES string of the molecule is CCN1CCN(C(=O)c2ccc(/C=C3/SC4C=CC=CC4=NC3=O)cc2)CC1. The zero-order valence-electron chi connectivity index (χ0n) is 15.9. The van der Waals surface area contributed by atoms with Gasteiger partial charge in [0.15, 0.2) is 0 Å². The van der Waals surface area contributed by atoms with Crippen LogP contribution < -0.4 is 0 Å². The average molecular weight is 394 g/mol. The molecule has 144 valence electrons. The van der Waals surface area contributed by atoms with Gasteiger partial charge >= 0.3 is 0 Å². The maximum atomic E-state index is 12.7. The van der Waals surface area contributed by atoms with Crippen molar-refractivity contribution in [3.05, 3.63) is 64.6 Å². The molecular formula is C22H23N3O2S. The Morgan fingerprint density at radius 3 is 2.64 bits per heavy atom. The van der Waals surface area contributed by atoms with Gasteiger partial charge in [0.05, 0.1) is 15.9 Å². The van der Waals surface area contributed by atoms with Gasteiger partial charge in [-0.25, -0.2) is 4.99 Å². The molecule has 3 aliphatic rings. The third-order valence-electron chi connectivity index (χ3n) is 5.21. The topological polar surface area (TPSA) is 53.0 Å². The van der Waals surface area contributed by atoms with E-state index in [-0.39, 0.29) is 17.1 Å². The molecule has 4 rings (SSSR count). The number of carbonyl (C=O) groups excluding carboxylic acids is 2. The van der Waals surface area contributed by atoms with E-state index in [9.17, 15) is 9.59 Å². The lowest BCUT2D eigenvalue weighted by atomic mass is 10.1. The van der Waals surface area contributed by atoms with E-state index in [4.69, 9.17) is 0 Å². The molecular weight excluding hydrogens is 370 g/mol. The first kappa shape index (κ1) is 18.9. The Labute approximate surface area is 169 Å². The van der Waals surface area contributed by atoms with Crippen molar-refractivity contribution in [1.82, 2.24) is 9.80 Å². The molecule has 0 bridgehead atoms. The Hall–Kier alpha value is -2.44. The van der Waals surface area contributed by atoms with E-state index >= 15 is 0 Å². The highest BCUT2D eigenvalue weighted by Gasteiger charge is 2.26. The Kier molecular flexibility index (Phi) is 5.59. The second-order valence-electron chi connectivity index (χ2n) is 6.98. The number of benzene rings is 1. The Bertz CT molecular complexity index is 891. The highest BCUT2D eigenvalue weighted by molar-refractivity contribution is 8.05. The van der Waals surface area contributed by atoms with Gasteiger partial charge in [0.1, 0.15) is 0 Å². The number of rotatable bonds is 3. The Balaban J connectivity index is 1.45. The van der Waals surface area contributed by atoms with Crippen LogP contribution in [0.4, 0.5) is 0 Å². The number of piperazine rings is 1. The number of fused-ring (bicyclic) bond motifs is 1. The number of allylic oxidation sites excluding steroid dienone is 3. The third-order valence-corrected chi connectivity index (χ3v) is 6.41. The number of likely N-dealkylation sites (N-methyl/N-ethyl adjacent to an activating group) is 1. The molecule has 1 saturated heterocycles. The van der Waals surface area contributed by atoms with Crippen molar-refractivity contribution < 1.29 is 9.59 Å². The molecule has 2 aliphatic heterocycles. The smallest absolute Gasteiger partial charge is 0.283 e. The first-order chi connectivity index (χ1) is 13.6. The lowest BCUT2D eigenvalue weighted by molar-refractivity contribution is -0.113. The summed E-state index contributed by atoms with van der Waals surface area (Å²) in [6.45, 7) is 6.58. The fourth-order valence-electron chi connectivity index (χ4n) is 3.49. The molecule has 0 saturated carbocycles. The van der Waals surface area contributed by atoms with Crippen LogP contribution in [-0.4, -0.2) is 65.3 Å². The van der Waals surface area contributed by atoms with Gasteiger partial charge in [0, 0.05) is 31.7 Å². The molecule has 6 heteroatoms. The number of hydrogen-bond acceptors (Lipinski definition) is 4. The van der Waals surface area contributed by atoms with E-state index < -0.39 is 0 Å². The first-order valence-corrected chi connectivity index (χ1v) is 10.5. The van der Waals surface area contributed by atoms with Crippen LogP contribution in [0.3, 0.4) is 0 Å². The number of amides is 2. The van der Waals surface area contributed by atoms with E-state index in [1.807, 2.05) is 59.5 Å². The Morgan fingerprint density at radius 1 is 1.18 bits per heavy atom. The lowest BCUT2D eigenvalue weighted by Crippen LogP contribution is -2.48. The van der Waals surface area contributed by atoms with Crippen molar-refractivity contribution in [3.8, 4) is 0 Å². The fraction of sp³-hybridized carbons (Fsp3) is 0.318. The van der Waals surface area contributed by atoms with E-state index in [0.29, 0.717) is 10.5 Å². The van der Waals surface area contributed by atoms with Crippen molar-refractivity contribution >= 4 is 35.4 Å². The van der Waals surface area contributed by atoms with Crippen molar-refractivity contribution in [2.45, 2.75) is 12.2 Å². The highest BCUT2D eigenvalue weighted by atomic mass is 32.2. The van der Waals surface area contributed by atoms with Gasteiger partial charge in [0.2, 0.25) is 0 Å². The molecule has 0 radical (unpaired) electrons. The predicted octanol–water partition coefficient (Wildman–Crippen LogP) is 3.01. The van der Waals surface area contributed by atoms with Crippen LogP contribution in [-0.2, 0) is 4.79 Å². The summed E-state index contributed by atoms with van der Waals surface area (Å²) < 4.78 is 0. The van der Waals surface area contributed by atoms with Gasteiger partial charge < -0.3 is 9.80 Å². The minimum absolute atomic E-state index is 0.0754. The van der Waals surface area contributed by atoms with E-state index in [0.717, 1.165) is 44.0 Å². The molecule has 0 spiro atoms. The van der Waals surface area contributed by atoms with E-state index in [1.165, 1.54) is 11.8 Å². The summed E-state index contributed by atoms with van der Waals surface area (Å²) in [5.74, 6) is -0.128. The molecule has 0 N–H and O–H groups in total. The van der Waals surface area contributed by atoms with Crippen LogP contribution in [0.15, 0.2) is 58.5 Å². The van der Waals surface area contributed by atoms with Gasteiger partial charge in [-0.05, 0) is 36.4 Å². The molecule has 28 heavy (non-hydrogen) atoms. The van der Waals surface area contributed by atoms with Crippen LogP contribution in [0.5, 0.6) is 0 Å². The zero-order valence-corrected chi connectivity index (χ0v) is 16.7. The molecule has 1 aromatic rings. The number of thioether (sulfide) groups is 1. The van der Waals surface area contributed by atoms with Crippen molar-refractivity contribution in [1.29, 1.82) is 0 Å². The quantitative estimate of drug-likeness (QED) is 0.741. The van der Waals surface area contributed by atoms with Gasteiger partial charge in [-0.3, -0.25) is 9.59 Å². The van der Waals surface area contributed by atoms with Crippen LogP contribution in [0.1, 0.15) is 22.8 Å². The summed E-state index contributed by atoms with van der Waals surface area (Å²) in [5.41, 5.74) is 2.39. The second kappa shape index (κ2) is 8.29. The monoisotopic (exact) mass is 393 g/mol. The maximum Gasteiger partial charge on any atom is 0.283 e. The Morgan fingerprint density at radius 2 is 1.93 bits per heavy atom. The summed E-state index contributed by atoms with van der Waals surface area (Å²) in [7, 11) is 0. The van der Waals surface area contributed by atoms with Crippen LogP contribution in [0, 0.1) is 0 Å². The minimum atomic E-state index is -0.204. The summed E-state index contributed by atoms with van der Waals surface area (Å²) >= 11 is 1.52. The van der Waals surface area contributed by atoms with Crippen molar-refractivity contribution in [3.63, 3.8) is 0 Å². The maximum absolute atomic E-state index is 12.7. The van der Waals surface area contributed by atoms with E-state index in [2.05, 4.69) is 16.8 Å². The first-order valence-electron chi connectivity index (χ1n) is 9.62. The molecule has 2 heterocycles. The summed E-state index contributed by atoms with van der Waals surface area (Å²) in [6, 6.07) is 7.48. The minimum Gasteiger partial charge on any atom is -0.336 e. The van der Waals surface area contributed by atoms with Gasteiger partial charge in [0.25, 0.3) is 11.8 Å². The molecule has 1 aromatic carbocycles. The molecule has 5 nitrogen and oxygen atoms in total. The summed E-state index contributed by atoms with van der Waals surface area (Å²) in [4.78, 5) is 34.1. The molecule has 2 amide bonds. The fourth-order valence-corrected chi connectivity index (χ4v) is 4.54. The van der Waals surface area contributed by atoms with Crippen LogP contribution >= 0.6 is 11.8 Å². The molecule has 1 unspecified atom stereocenters. The molecule has 1 aliphatic carbocycles. The standard InChI is InChI=1S/C22H23N3O2S/c1-2-24-11-13-25(14-12-24)22(27)17-9-7-16(8-10-17)15-20-21(26)23-18-5-3-4-6-19(18)28-20/h3-10,15,19H,2,11-14H2,1H3/b20-15+. The van der Waals surface area contributed by atoms with Crippen LogP contribution in [0.25, 0.3) is 6.08 Å². The number of carbonyl (C=O) groups is 2. The average Bonchev–Trinajstić information content (AvgIpc) is 2.74. The summed E-state index contributed by atoms with van der Waals surface area (Å²) in [5, 5.41) is 0.0941.